The normalized spacial score (nSPS) is 18.6. The van der Waals surface area contributed by atoms with Crippen LogP contribution in [-0.4, -0.2) is 45.7 Å². The Labute approximate surface area is 123 Å². The minimum atomic E-state index is -0.865. The molecule has 1 aromatic rings. The lowest BCUT2D eigenvalue weighted by Crippen LogP contribution is -2.42. The van der Waals surface area contributed by atoms with Gasteiger partial charge in [-0.15, -0.1) is 0 Å². The first kappa shape index (κ1) is 15.3. The molecule has 1 saturated heterocycles. The molecular weight excluding hydrogens is 272 g/mol. The number of nitrogens with zero attached hydrogens (tertiary/aromatic N) is 1. The number of aliphatic carboxylic acids is 1. The number of aromatic amines is 1. The van der Waals surface area contributed by atoms with Crippen molar-refractivity contribution in [3.05, 3.63) is 22.5 Å². The molecule has 0 spiro atoms. The molecule has 6 heteroatoms. The predicted octanol–water partition coefficient (Wildman–Crippen LogP) is 1.77. The van der Waals surface area contributed by atoms with Gasteiger partial charge in [0.1, 0.15) is 5.69 Å². The number of carbonyl (C=O) groups is 3. The Bertz CT molecular complexity index is 603. The summed E-state index contributed by atoms with van der Waals surface area (Å²) in [6.07, 6.45) is 1.28. The van der Waals surface area contributed by atoms with Crippen molar-refractivity contribution >= 4 is 17.7 Å². The summed E-state index contributed by atoms with van der Waals surface area (Å²) >= 11 is 0. The molecule has 0 aromatic carbocycles. The number of Topliss-reactive ketones (excluding diaryl/α,β-unsaturated/α-hetero) is 1. The second-order valence-electron chi connectivity index (χ2n) is 5.61. The minimum absolute atomic E-state index is 0.0812. The molecule has 0 saturated carbocycles. The first-order valence-electron chi connectivity index (χ1n) is 7.05. The number of H-pyrrole nitrogens is 1. The highest BCUT2D eigenvalue weighted by atomic mass is 16.4. The van der Waals surface area contributed by atoms with Crippen LogP contribution < -0.4 is 0 Å². The third kappa shape index (κ3) is 2.84. The maximum Gasteiger partial charge on any atom is 0.308 e. The van der Waals surface area contributed by atoms with Gasteiger partial charge in [-0.1, -0.05) is 0 Å². The zero-order valence-electron chi connectivity index (χ0n) is 12.5. The maximum atomic E-state index is 12.6. The van der Waals surface area contributed by atoms with Gasteiger partial charge in [-0.2, -0.15) is 0 Å². The van der Waals surface area contributed by atoms with Gasteiger partial charge in [-0.25, -0.2) is 0 Å². The molecule has 0 radical (unpaired) electrons. The van der Waals surface area contributed by atoms with Gasteiger partial charge in [-0.3, -0.25) is 14.4 Å². The lowest BCUT2D eigenvalue weighted by Gasteiger charge is -2.30. The highest BCUT2D eigenvalue weighted by Crippen LogP contribution is 2.23. The van der Waals surface area contributed by atoms with E-state index in [9.17, 15) is 14.4 Å². The Morgan fingerprint density at radius 2 is 1.95 bits per heavy atom. The number of amides is 1. The summed E-state index contributed by atoms with van der Waals surface area (Å²) in [6.45, 7) is 5.75. The van der Waals surface area contributed by atoms with Crippen molar-refractivity contribution < 1.29 is 19.5 Å². The lowest BCUT2D eigenvalue weighted by molar-refractivity contribution is -0.143. The third-order valence-electron chi connectivity index (χ3n) is 4.06. The molecule has 1 aliphatic rings. The summed E-state index contributed by atoms with van der Waals surface area (Å²) in [5.41, 5.74) is 2.26. The molecule has 6 nitrogen and oxygen atoms in total. The van der Waals surface area contributed by atoms with Crippen molar-refractivity contribution in [2.75, 3.05) is 13.1 Å². The molecule has 1 aliphatic heterocycles. The van der Waals surface area contributed by atoms with E-state index in [1.807, 2.05) is 0 Å². The lowest BCUT2D eigenvalue weighted by atomic mass is 9.97. The van der Waals surface area contributed by atoms with E-state index in [4.69, 9.17) is 5.11 Å². The van der Waals surface area contributed by atoms with Crippen LogP contribution in [0.4, 0.5) is 0 Å². The minimum Gasteiger partial charge on any atom is -0.481 e. The number of carboxylic acid groups (broad SMARTS) is 1. The zero-order valence-corrected chi connectivity index (χ0v) is 12.5. The summed E-state index contributed by atoms with van der Waals surface area (Å²) in [5, 5.41) is 9.09. The fourth-order valence-corrected chi connectivity index (χ4v) is 3.01. The number of aromatic nitrogens is 1. The van der Waals surface area contributed by atoms with Crippen LogP contribution in [0.1, 0.15) is 51.9 Å². The van der Waals surface area contributed by atoms with E-state index in [2.05, 4.69) is 4.98 Å². The average molecular weight is 292 g/mol. The van der Waals surface area contributed by atoms with E-state index in [1.54, 1.807) is 18.7 Å². The van der Waals surface area contributed by atoms with Gasteiger partial charge in [0.2, 0.25) is 0 Å². The second-order valence-corrected chi connectivity index (χ2v) is 5.61. The third-order valence-corrected chi connectivity index (χ3v) is 4.06. The number of likely N-dealkylation sites (tertiary alicyclic amines) is 1. The van der Waals surface area contributed by atoms with Crippen molar-refractivity contribution in [2.45, 2.75) is 33.6 Å². The molecule has 114 valence electrons. The van der Waals surface area contributed by atoms with E-state index in [0.29, 0.717) is 41.9 Å². The molecule has 0 bridgehead atoms. The first-order chi connectivity index (χ1) is 9.82. The van der Waals surface area contributed by atoms with E-state index in [1.165, 1.54) is 6.92 Å². The van der Waals surface area contributed by atoms with Crippen LogP contribution in [0.25, 0.3) is 0 Å². The van der Waals surface area contributed by atoms with Crippen LogP contribution in [0.15, 0.2) is 0 Å². The SMILES string of the molecule is CC(=O)c1c(C)[nH]c(C(=O)N2CCC[C@H](C(=O)O)C2)c1C. The van der Waals surface area contributed by atoms with E-state index >= 15 is 0 Å². The van der Waals surface area contributed by atoms with E-state index in [-0.39, 0.29) is 18.2 Å². The molecule has 2 rings (SSSR count). The molecule has 1 amide bonds. The van der Waals surface area contributed by atoms with Crippen molar-refractivity contribution in [3.8, 4) is 0 Å². The van der Waals surface area contributed by atoms with Gasteiger partial charge < -0.3 is 15.0 Å². The fraction of sp³-hybridized carbons (Fsp3) is 0.533. The first-order valence-corrected chi connectivity index (χ1v) is 7.05. The van der Waals surface area contributed by atoms with Gasteiger partial charge >= 0.3 is 5.97 Å². The van der Waals surface area contributed by atoms with Crippen molar-refractivity contribution in [3.63, 3.8) is 0 Å². The van der Waals surface area contributed by atoms with Crippen LogP contribution in [0.3, 0.4) is 0 Å². The van der Waals surface area contributed by atoms with Crippen LogP contribution in [0, 0.1) is 19.8 Å². The maximum absolute atomic E-state index is 12.6. The number of rotatable bonds is 3. The number of carboxylic acids is 1. The van der Waals surface area contributed by atoms with Gasteiger partial charge in [0.25, 0.3) is 5.91 Å². The topological polar surface area (TPSA) is 90.5 Å². The molecule has 0 unspecified atom stereocenters. The van der Waals surface area contributed by atoms with E-state index < -0.39 is 11.9 Å². The Hall–Kier alpha value is -2.11. The summed E-state index contributed by atoms with van der Waals surface area (Å²) < 4.78 is 0. The highest BCUT2D eigenvalue weighted by molar-refractivity contribution is 6.02. The molecule has 21 heavy (non-hydrogen) atoms. The molecule has 1 fully saturated rings. The molecule has 1 aromatic heterocycles. The predicted molar refractivity (Wildman–Crippen MR) is 76.5 cm³/mol. The number of hydrogen-bond donors (Lipinski definition) is 2. The average Bonchev–Trinajstić information content (AvgIpc) is 2.73. The summed E-state index contributed by atoms with van der Waals surface area (Å²) in [5.74, 6) is -1.68. The number of carbonyl (C=O) groups excluding carboxylic acids is 2. The van der Waals surface area contributed by atoms with Gasteiger partial charge in [0, 0.05) is 24.3 Å². The fourth-order valence-electron chi connectivity index (χ4n) is 3.01. The van der Waals surface area contributed by atoms with Gasteiger partial charge in [0.15, 0.2) is 5.78 Å². The van der Waals surface area contributed by atoms with Gasteiger partial charge in [0.05, 0.1) is 5.92 Å². The van der Waals surface area contributed by atoms with Crippen LogP contribution in [-0.2, 0) is 4.79 Å². The number of nitrogens with one attached hydrogen (secondary N) is 1. The molecule has 1 atom stereocenters. The summed E-state index contributed by atoms with van der Waals surface area (Å²) in [7, 11) is 0. The van der Waals surface area contributed by atoms with Crippen LogP contribution >= 0.6 is 0 Å². The van der Waals surface area contributed by atoms with Crippen LogP contribution in [0.5, 0.6) is 0 Å². The largest absolute Gasteiger partial charge is 0.481 e. The molecule has 0 aliphatic carbocycles. The summed E-state index contributed by atoms with van der Waals surface area (Å²) in [4.78, 5) is 39.8. The Kier molecular flexibility index (Phi) is 4.16. The second kappa shape index (κ2) is 5.71. The quantitative estimate of drug-likeness (QED) is 0.831. The van der Waals surface area contributed by atoms with Crippen molar-refractivity contribution in [1.29, 1.82) is 0 Å². The molecular formula is C15H20N2O4. The number of hydrogen-bond acceptors (Lipinski definition) is 3. The number of ketones is 1. The Balaban J connectivity index is 2.26. The Morgan fingerprint density at radius 3 is 2.48 bits per heavy atom. The summed E-state index contributed by atoms with van der Waals surface area (Å²) in [6, 6.07) is 0. The van der Waals surface area contributed by atoms with Crippen molar-refractivity contribution in [2.24, 2.45) is 5.92 Å². The highest BCUT2D eigenvalue weighted by Gasteiger charge is 2.30. The zero-order chi connectivity index (χ0) is 15.7. The standard InChI is InChI=1S/C15H20N2O4/c1-8-12(10(3)18)9(2)16-13(8)14(19)17-6-4-5-11(7-17)15(20)21/h11,16H,4-7H2,1-3H3,(H,20,21)/t11-/m0/s1. The number of piperidine rings is 1. The Morgan fingerprint density at radius 1 is 1.29 bits per heavy atom. The van der Waals surface area contributed by atoms with Crippen LogP contribution in [0.2, 0.25) is 0 Å². The van der Waals surface area contributed by atoms with Gasteiger partial charge in [-0.05, 0) is 39.2 Å². The van der Waals surface area contributed by atoms with E-state index in [0.717, 1.165) is 0 Å². The monoisotopic (exact) mass is 292 g/mol. The smallest absolute Gasteiger partial charge is 0.308 e. The molecule has 2 N–H and O–H groups in total. The molecule has 2 heterocycles. The van der Waals surface area contributed by atoms with Crippen molar-refractivity contribution in [1.82, 2.24) is 9.88 Å². The number of aryl methyl sites for hydroxylation is 1.